The summed E-state index contributed by atoms with van der Waals surface area (Å²) < 4.78 is 10.4. The molecule has 0 bridgehead atoms. The lowest BCUT2D eigenvalue weighted by Crippen LogP contribution is -2.34. The normalized spacial score (nSPS) is 24.4. The van der Waals surface area contributed by atoms with Gasteiger partial charge in [0.15, 0.2) is 0 Å². The molecule has 4 nitrogen and oxygen atoms in total. The third-order valence-corrected chi connectivity index (χ3v) is 3.29. The highest BCUT2D eigenvalue weighted by atomic mass is 16.5. The van der Waals surface area contributed by atoms with Crippen LogP contribution in [0, 0.1) is 5.92 Å². The van der Waals surface area contributed by atoms with Crippen molar-refractivity contribution in [2.24, 2.45) is 5.92 Å². The highest BCUT2D eigenvalue weighted by Gasteiger charge is 2.36. The van der Waals surface area contributed by atoms with Crippen molar-refractivity contribution in [1.29, 1.82) is 0 Å². The van der Waals surface area contributed by atoms with Crippen molar-refractivity contribution in [2.45, 2.75) is 38.8 Å². The monoisotopic (exact) mass is 237 g/mol. The van der Waals surface area contributed by atoms with Gasteiger partial charge in [-0.3, -0.25) is 10.1 Å². The maximum atomic E-state index is 11.2. The minimum absolute atomic E-state index is 0.257. The van der Waals surface area contributed by atoms with E-state index in [-0.39, 0.29) is 12.0 Å². The van der Waals surface area contributed by atoms with Gasteiger partial charge < -0.3 is 9.15 Å². The molecule has 1 heterocycles. The Bertz CT molecular complexity index is 399. The van der Waals surface area contributed by atoms with Crippen LogP contribution >= 0.6 is 0 Å². The predicted octanol–water partition coefficient (Wildman–Crippen LogP) is 2.05. The van der Waals surface area contributed by atoms with E-state index in [0.29, 0.717) is 12.5 Å². The molecule has 3 unspecified atom stereocenters. The summed E-state index contributed by atoms with van der Waals surface area (Å²) in [5.74, 6) is 3.03. The van der Waals surface area contributed by atoms with Gasteiger partial charge in [-0.2, -0.15) is 0 Å². The van der Waals surface area contributed by atoms with Crippen LogP contribution in [0.15, 0.2) is 16.5 Å². The summed E-state index contributed by atoms with van der Waals surface area (Å²) in [5, 5.41) is 3.07. The second kappa shape index (κ2) is 4.92. The molecule has 2 rings (SSSR count). The first kappa shape index (κ1) is 12.2. The number of hydrogen-bond donors (Lipinski definition) is 1. The lowest BCUT2D eigenvalue weighted by atomic mass is 10.3. The largest absolute Gasteiger partial charge is 0.468 e. The molecule has 17 heavy (non-hydrogen) atoms. The zero-order valence-electron chi connectivity index (χ0n) is 10.5. The average Bonchev–Trinajstić information content (AvgIpc) is 2.89. The third-order valence-electron chi connectivity index (χ3n) is 3.29. The number of methoxy groups -OCH3 is 1. The van der Waals surface area contributed by atoms with Crippen LogP contribution in [0.25, 0.3) is 0 Å². The van der Waals surface area contributed by atoms with Crippen LogP contribution in [0.5, 0.6) is 0 Å². The van der Waals surface area contributed by atoms with Crippen molar-refractivity contribution in [1.82, 2.24) is 5.32 Å². The number of rotatable bonds is 5. The van der Waals surface area contributed by atoms with Crippen molar-refractivity contribution in [2.75, 3.05) is 7.11 Å². The Morgan fingerprint density at radius 2 is 2.35 bits per heavy atom. The molecule has 1 saturated carbocycles. The zero-order valence-corrected chi connectivity index (χ0v) is 10.5. The third kappa shape index (κ3) is 2.88. The summed E-state index contributed by atoms with van der Waals surface area (Å²) in [4.78, 5) is 11.2. The number of carbonyl (C=O) groups is 1. The summed E-state index contributed by atoms with van der Waals surface area (Å²) in [7, 11) is 1.39. The topological polar surface area (TPSA) is 51.5 Å². The van der Waals surface area contributed by atoms with Crippen LogP contribution in [0.3, 0.4) is 0 Å². The number of carbonyl (C=O) groups excluding carboxylic acids is 1. The highest BCUT2D eigenvalue weighted by Crippen LogP contribution is 2.47. The van der Waals surface area contributed by atoms with Crippen molar-refractivity contribution in [3.8, 4) is 0 Å². The van der Waals surface area contributed by atoms with E-state index in [0.717, 1.165) is 17.4 Å². The summed E-state index contributed by atoms with van der Waals surface area (Å²) in [6.45, 7) is 4.56. The first-order valence-corrected chi connectivity index (χ1v) is 6.01. The smallest absolute Gasteiger partial charge is 0.322 e. The maximum absolute atomic E-state index is 11.2. The molecule has 1 aliphatic carbocycles. The van der Waals surface area contributed by atoms with Crippen molar-refractivity contribution in [3.63, 3.8) is 0 Å². The van der Waals surface area contributed by atoms with Gasteiger partial charge in [-0.1, -0.05) is 6.92 Å². The minimum Gasteiger partial charge on any atom is -0.468 e. The zero-order chi connectivity index (χ0) is 12.4. The van der Waals surface area contributed by atoms with Crippen LogP contribution in [-0.4, -0.2) is 19.1 Å². The fourth-order valence-electron chi connectivity index (χ4n) is 1.92. The average molecular weight is 237 g/mol. The molecule has 94 valence electrons. The fourth-order valence-corrected chi connectivity index (χ4v) is 1.92. The molecule has 1 N–H and O–H groups in total. The minimum atomic E-state index is -0.312. The van der Waals surface area contributed by atoms with Crippen LogP contribution < -0.4 is 5.32 Å². The van der Waals surface area contributed by atoms with Gasteiger partial charge in [0.1, 0.15) is 17.6 Å². The lowest BCUT2D eigenvalue weighted by Gasteiger charge is -2.09. The Morgan fingerprint density at radius 1 is 1.65 bits per heavy atom. The van der Waals surface area contributed by atoms with E-state index in [1.165, 1.54) is 13.5 Å². The van der Waals surface area contributed by atoms with Crippen molar-refractivity contribution in [3.05, 3.63) is 23.7 Å². The molecule has 1 aliphatic rings. The van der Waals surface area contributed by atoms with Crippen LogP contribution in [-0.2, 0) is 16.1 Å². The molecule has 0 radical (unpaired) electrons. The van der Waals surface area contributed by atoms with E-state index in [9.17, 15) is 4.79 Å². The molecule has 1 aromatic rings. The molecule has 1 aromatic heterocycles. The van der Waals surface area contributed by atoms with Crippen molar-refractivity contribution < 1.29 is 13.9 Å². The van der Waals surface area contributed by atoms with Crippen molar-refractivity contribution >= 4 is 5.97 Å². The summed E-state index contributed by atoms with van der Waals surface area (Å²) in [6.07, 6.45) is 1.22. The SMILES string of the molecule is COC(=O)C(C)NCc1ccc(C2CC2C)o1. The lowest BCUT2D eigenvalue weighted by molar-refractivity contribution is -0.142. The number of nitrogens with one attached hydrogen (secondary N) is 1. The maximum Gasteiger partial charge on any atom is 0.322 e. The number of hydrogen-bond acceptors (Lipinski definition) is 4. The molecule has 0 amide bonds. The van der Waals surface area contributed by atoms with E-state index in [1.54, 1.807) is 6.92 Å². The first-order valence-electron chi connectivity index (χ1n) is 6.01. The predicted molar refractivity (Wildman–Crippen MR) is 63.5 cm³/mol. The van der Waals surface area contributed by atoms with E-state index in [4.69, 9.17) is 4.42 Å². The van der Waals surface area contributed by atoms with Gasteiger partial charge in [0.2, 0.25) is 0 Å². The Kier molecular flexibility index (Phi) is 3.52. The Balaban J connectivity index is 1.83. The van der Waals surface area contributed by atoms with Gasteiger partial charge in [-0.15, -0.1) is 0 Å². The summed E-state index contributed by atoms with van der Waals surface area (Å²) in [6, 6.07) is 3.69. The van der Waals surface area contributed by atoms with Crippen LogP contribution in [0.2, 0.25) is 0 Å². The second-order valence-corrected chi connectivity index (χ2v) is 4.75. The number of furan rings is 1. The van der Waals surface area contributed by atoms with Gasteiger partial charge in [-0.25, -0.2) is 0 Å². The fraction of sp³-hybridized carbons (Fsp3) is 0.615. The molecule has 0 saturated heterocycles. The molecule has 4 heteroatoms. The van der Waals surface area contributed by atoms with E-state index in [1.807, 2.05) is 12.1 Å². The summed E-state index contributed by atoms with van der Waals surface area (Å²) in [5.41, 5.74) is 0. The highest BCUT2D eigenvalue weighted by molar-refractivity contribution is 5.75. The molecule has 0 aromatic carbocycles. The molecule has 1 fully saturated rings. The van der Waals surface area contributed by atoms with Crippen LogP contribution in [0.4, 0.5) is 0 Å². The Morgan fingerprint density at radius 3 is 2.94 bits per heavy atom. The van der Waals surface area contributed by atoms with Gasteiger partial charge in [-0.05, 0) is 31.4 Å². The molecule has 0 spiro atoms. The van der Waals surface area contributed by atoms with Gasteiger partial charge in [0, 0.05) is 5.92 Å². The molecule has 3 atom stereocenters. The molecule has 0 aliphatic heterocycles. The van der Waals surface area contributed by atoms with Gasteiger partial charge >= 0.3 is 5.97 Å². The Labute approximate surface area is 101 Å². The quantitative estimate of drug-likeness (QED) is 0.796. The van der Waals surface area contributed by atoms with Gasteiger partial charge in [0.05, 0.1) is 13.7 Å². The van der Waals surface area contributed by atoms with Crippen LogP contribution in [0.1, 0.15) is 37.7 Å². The number of esters is 1. The molecular formula is C13H19NO3. The standard InChI is InChI=1S/C13H19NO3/c1-8-6-11(8)12-5-4-10(17-12)7-14-9(2)13(15)16-3/h4-5,8-9,11,14H,6-7H2,1-3H3. The first-order chi connectivity index (χ1) is 8.11. The second-order valence-electron chi connectivity index (χ2n) is 4.75. The van der Waals surface area contributed by atoms with Gasteiger partial charge in [0.25, 0.3) is 0 Å². The molecular weight excluding hydrogens is 218 g/mol. The van der Waals surface area contributed by atoms with E-state index in [2.05, 4.69) is 17.0 Å². The summed E-state index contributed by atoms with van der Waals surface area (Å²) >= 11 is 0. The number of ether oxygens (including phenoxy) is 1. The Hall–Kier alpha value is -1.29. The van der Waals surface area contributed by atoms with E-state index < -0.39 is 0 Å². The van der Waals surface area contributed by atoms with E-state index >= 15 is 0 Å².